The van der Waals surface area contributed by atoms with Crippen LogP contribution in [0.15, 0.2) is 40.6 Å². The van der Waals surface area contributed by atoms with Gasteiger partial charge in [-0.2, -0.15) is 0 Å². The van der Waals surface area contributed by atoms with E-state index < -0.39 is 22.0 Å². The maximum Gasteiger partial charge on any atom is 0.345 e. The van der Waals surface area contributed by atoms with Gasteiger partial charge in [-0.1, -0.05) is 29.8 Å². The van der Waals surface area contributed by atoms with Crippen LogP contribution in [0.4, 0.5) is 0 Å². The molecule has 0 saturated heterocycles. The van der Waals surface area contributed by atoms with Crippen molar-refractivity contribution < 1.29 is 18.3 Å². The quantitative estimate of drug-likeness (QED) is 0.885. The Hall–Kier alpha value is -1.70. The molecule has 2 N–H and O–H groups in total. The predicted octanol–water partition coefficient (Wildman–Crippen LogP) is 2.79. The fourth-order valence-electron chi connectivity index (χ4n) is 1.79. The molecule has 21 heavy (non-hydrogen) atoms. The van der Waals surface area contributed by atoms with Crippen LogP contribution in [0.3, 0.4) is 0 Å². The molecule has 1 atom stereocenters. The van der Waals surface area contributed by atoms with Gasteiger partial charge in [-0.05, 0) is 31.5 Å². The topological polar surface area (TPSA) is 83.5 Å². The van der Waals surface area contributed by atoms with Crippen LogP contribution in [-0.2, 0) is 10.0 Å². The average molecular weight is 325 g/mol. The van der Waals surface area contributed by atoms with Gasteiger partial charge in [0.25, 0.3) is 10.0 Å². The van der Waals surface area contributed by atoms with E-state index in [9.17, 15) is 13.2 Å². The van der Waals surface area contributed by atoms with Gasteiger partial charge >= 0.3 is 5.97 Å². The Morgan fingerprint density at radius 1 is 1.19 bits per heavy atom. The van der Waals surface area contributed by atoms with Gasteiger partial charge in [0, 0.05) is 6.04 Å². The van der Waals surface area contributed by atoms with E-state index in [1.165, 1.54) is 12.1 Å². The van der Waals surface area contributed by atoms with Crippen LogP contribution in [-0.4, -0.2) is 19.5 Å². The van der Waals surface area contributed by atoms with E-state index in [1.807, 2.05) is 31.2 Å². The molecule has 1 unspecified atom stereocenters. The number of nitrogens with one attached hydrogen (secondary N) is 1. The summed E-state index contributed by atoms with van der Waals surface area (Å²) in [5, 5.41) is 8.84. The van der Waals surface area contributed by atoms with Crippen molar-refractivity contribution in [2.24, 2.45) is 0 Å². The number of carboxylic acid groups (broad SMARTS) is 1. The van der Waals surface area contributed by atoms with Gasteiger partial charge in [0.2, 0.25) is 0 Å². The van der Waals surface area contributed by atoms with Crippen molar-refractivity contribution in [3.05, 3.63) is 52.4 Å². The normalized spacial score (nSPS) is 13.0. The summed E-state index contributed by atoms with van der Waals surface area (Å²) in [6, 6.07) is 9.74. The second-order valence-corrected chi connectivity index (χ2v) is 7.70. The number of benzene rings is 1. The van der Waals surface area contributed by atoms with Gasteiger partial charge in [-0.3, -0.25) is 0 Å². The third kappa shape index (κ3) is 3.69. The summed E-state index contributed by atoms with van der Waals surface area (Å²) in [6.45, 7) is 3.70. The van der Waals surface area contributed by atoms with Gasteiger partial charge in [-0.15, -0.1) is 11.3 Å². The van der Waals surface area contributed by atoms with Crippen molar-refractivity contribution in [2.75, 3.05) is 0 Å². The lowest BCUT2D eigenvalue weighted by molar-refractivity contribution is 0.0702. The molecule has 0 spiro atoms. The van der Waals surface area contributed by atoms with Crippen LogP contribution in [0.25, 0.3) is 0 Å². The molecule has 0 aliphatic heterocycles. The SMILES string of the molecule is Cc1ccc(C(C)NS(=O)(=O)c2ccc(C(=O)O)s2)cc1. The molecule has 0 amide bonds. The first-order valence-electron chi connectivity index (χ1n) is 6.21. The van der Waals surface area contributed by atoms with Crippen LogP contribution in [0.2, 0.25) is 0 Å². The highest BCUT2D eigenvalue weighted by atomic mass is 32.2. The van der Waals surface area contributed by atoms with Gasteiger partial charge in [0.1, 0.15) is 9.09 Å². The highest BCUT2D eigenvalue weighted by Crippen LogP contribution is 2.24. The molecule has 1 aromatic heterocycles. The summed E-state index contributed by atoms with van der Waals surface area (Å²) in [5.74, 6) is -1.13. The first-order chi connectivity index (χ1) is 9.79. The average Bonchev–Trinajstić information content (AvgIpc) is 2.89. The summed E-state index contributed by atoms with van der Waals surface area (Å²) >= 11 is 0.738. The van der Waals surface area contributed by atoms with E-state index in [1.54, 1.807) is 6.92 Å². The molecule has 0 bridgehead atoms. The number of carbonyl (C=O) groups is 1. The van der Waals surface area contributed by atoms with E-state index in [2.05, 4.69) is 4.72 Å². The minimum atomic E-state index is -3.73. The Labute approximate surface area is 127 Å². The van der Waals surface area contributed by atoms with Crippen molar-refractivity contribution in [3.8, 4) is 0 Å². The van der Waals surface area contributed by atoms with Crippen molar-refractivity contribution in [1.29, 1.82) is 0 Å². The van der Waals surface area contributed by atoms with Crippen LogP contribution in [0.5, 0.6) is 0 Å². The van der Waals surface area contributed by atoms with Crippen molar-refractivity contribution in [2.45, 2.75) is 24.1 Å². The molecular formula is C14H15NO4S2. The Morgan fingerprint density at radius 3 is 2.33 bits per heavy atom. The van der Waals surface area contributed by atoms with Gasteiger partial charge < -0.3 is 5.11 Å². The van der Waals surface area contributed by atoms with E-state index in [0.29, 0.717) is 0 Å². The summed E-state index contributed by atoms with van der Waals surface area (Å²) in [4.78, 5) is 10.8. The summed E-state index contributed by atoms with van der Waals surface area (Å²) in [6.07, 6.45) is 0. The molecule has 0 saturated carbocycles. The molecule has 0 aliphatic carbocycles. The minimum absolute atomic E-state index is 0.00105. The number of sulfonamides is 1. The molecular weight excluding hydrogens is 310 g/mol. The number of hydrogen-bond donors (Lipinski definition) is 2. The maximum absolute atomic E-state index is 12.2. The number of aromatic carboxylic acids is 1. The summed E-state index contributed by atoms with van der Waals surface area (Å²) in [7, 11) is -3.73. The monoisotopic (exact) mass is 325 g/mol. The zero-order valence-electron chi connectivity index (χ0n) is 11.5. The highest BCUT2D eigenvalue weighted by molar-refractivity contribution is 7.91. The maximum atomic E-state index is 12.2. The fourth-order valence-corrected chi connectivity index (χ4v) is 4.19. The lowest BCUT2D eigenvalue weighted by atomic mass is 10.1. The van der Waals surface area contributed by atoms with E-state index in [0.717, 1.165) is 22.5 Å². The van der Waals surface area contributed by atoms with Crippen LogP contribution in [0, 0.1) is 6.92 Å². The zero-order chi connectivity index (χ0) is 15.6. The Balaban J connectivity index is 2.20. The number of thiophene rings is 1. The van der Waals surface area contributed by atoms with E-state index in [-0.39, 0.29) is 9.09 Å². The van der Waals surface area contributed by atoms with Gasteiger partial charge in [0.15, 0.2) is 0 Å². The molecule has 1 aromatic carbocycles. The van der Waals surface area contributed by atoms with Crippen molar-refractivity contribution >= 4 is 27.3 Å². The second-order valence-electron chi connectivity index (χ2n) is 4.68. The number of aryl methyl sites for hydroxylation is 1. The standard InChI is InChI=1S/C14H15NO4S2/c1-9-3-5-11(6-4-9)10(2)15-21(18,19)13-8-7-12(20-13)14(16)17/h3-8,10,15H,1-2H3,(H,16,17). The molecule has 5 nitrogen and oxygen atoms in total. The zero-order valence-corrected chi connectivity index (χ0v) is 13.2. The van der Waals surface area contributed by atoms with Crippen molar-refractivity contribution in [3.63, 3.8) is 0 Å². The van der Waals surface area contributed by atoms with E-state index in [4.69, 9.17) is 5.11 Å². The third-order valence-corrected chi connectivity index (χ3v) is 6.07. The van der Waals surface area contributed by atoms with Crippen molar-refractivity contribution in [1.82, 2.24) is 4.72 Å². The molecule has 0 fully saturated rings. The predicted molar refractivity (Wildman–Crippen MR) is 81.2 cm³/mol. The van der Waals surface area contributed by atoms with E-state index >= 15 is 0 Å². The molecule has 112 valence electrons. The molecule has 1 heterocycles. The Bertz CT molecular complexity index is 748. The van der Waals surface area contributed by atoms with Crippen LogP contribution >= 0.6 is 11.3 Å². The third-order valence-electron chi connectivity index (χ3n) is 2.97. The van der Waals surface area contributed by atoms with Gasteiger partial charge in [-0.25, -0.2) is 17.9 Å². The highest BCUT2D eigenvalue weighted by Gasteiger charge is 2.21. The largest absolute Gasteiger partial charge is 0.477 e. The lowest BCUT2D eigenvalue weighted by Crippen LogP contribution is -2.26. The second kappa shape index (κ2) is 5.97. The van der Waals surface area contributed by atoms with Crippen LogP contribution < -0.4 is 4.72 Å². The molecule has 2 rings (SSSR count). The Morgan fingerprint density at radius 2 is 1.81 bits per heavy atom. The molecule has 0 radical (unpaired) electrons. The van der Waals surface area contributed by atoms with Gasteiger partial charge in [0.05, 0.1) is 0 Å². The fraction of sp³-hybridized carbons (Fsp3) is 0.214. The molecule has 0 aliphatic rings. The Kier molecular flexibility index (Phi) is 4.46. The minimum Gasteiger partial charge on any atom is -0.477 e. The number of rotatable bonds is 5. The number of hydrogen-bond acceptors (Lipinski definition) is 4. The molecule has 2 aromatic rings. The lowest BCUT2D eigenvalue weighted by Gasteiger charge is -2.14. The smallest absolute Gasteiger partial charge is 0.345 e. The molecule has 7 heteroatoms. The van der Waals surface area contributed by atoms with Crippen LogP contribution in [0.1, 0.15) is 33.8 Å². The first kappa shape index (κ1) is 15.7. The summed E-state index contributed by atoms with van der Waals surface area (Å²) in [5.41, 5.74) is 1.94. The number of carboxylic acids is 1. The summed E-state index contributed by atoms with van der Waals surface area (Å²) < 4.78 is 27.0. The first-order valence-corrected chi connectivity index (χ1v) is 8.51.